The molecule has 2 amide bonds. The second-order valence-corrected chi connectivity index (χ2v) is 6.12. The fourth-order valence-electron chi connectivity index (χ4n) is 3.21. The van der Waals surface area contributed by atoms with Crippen LogP contribution < -0.4 is 5.32 Å². The van der Waals surface area contributed by atoms with Crippen molar-refractivity contribution in [3.8, 4) is 0 Å². The van der Waals surface area contributed by atoms with Gasteiger partial charge in [-0.25, -0.2) is 0 Å². The summed E-state index contributed by atoms with van der Waals surface area (Å²) < 4.78 is 37.2. The van der Waals surface area contributed by atoms with E-state index in [1.165, 1.54) is 0 Å². The van der Waals surface area contributed by atoms with E-state index in [4.69, 9.17) is 0 Å². The van der Waals surface area contributed by atoms with E-state index in [1.54, 1.807) is 4.90 Å². The Balaban J connectivity index is 0.00000264. The highest BCUT2D eigenvalue weighted by atomic mass is 35.5. The Morgan fingerprint density at radius 1 is 1.30 bits per heavy atom. The highest BCUT2D eigenvalue weighted by Crippen LogP contribution is 2.26. The van der Waals surface area contributed by atoms with E-state index < -0.39 is 24.5 Å². The summed E-state index contributed by atoms with van der Waals surface area (Å²) in [5.41, 5.74) is 0. The topological polar surface area (TPSA) is 52.7 Å². The highest BCUT2D eigenvalue weighted by molar-refractivity contribution is 5.89. The predicted octanol–water partition coefficient (Wildman–Crippen LogP) is 1.28. The van der Waals surface area contributed by atoms with Crippen LogP contribution in [0.2, 0.25) is 0 Å². The molecule has 5 nitrogen and oxygen atoms in total. The summed E-state index contributed by atoms with van der Waals surface area (Å²) in [6.45, 7) is 0.765. The van der Waals surface area contributed by atoms with Crippen molar-refractivity contribution in [3.05, 3.63) is 0 Å². The minimum Gasteiger partial charge on any atom is -0.342 e. The third-order valence-corrected chi connectivity index (χ3v) is 4.35. The van der Waals surface area contributed by atoms with Crippen molar-refractivity contribution in [2.24, 2.45) is 11.8 Å². The largest absolute Gasteiger partial charge is 0.406 e. The molecule has 2 heterocycles. The van der Waals surface area contributed by atoms with E-state index in [0.29, 0.717) is 19.0 Å². The van der Waals surface area contributed by atoms with Gasteiger partial charge in [0.25, 0.3) is 0 Å². The van der Waals surface area contributed by atoms with Crippen LogP contribution in [0.5, 0.6) is 0 Å². The average Bonchev–Trinajstić information content (AvgIpc) is 2.78. The monoisotopic (exact) mass is 357 g/mol. The van der Waals surface area contributed by atoms with Gasteiger partial charge in [-0.2, -0.15) is 13.2 Å². The Kier molecular flexibility index (Phi) is 7.13. The van der Waals surface area contributed by atoms with E-state index in [9.17, 15) is 22.8 Å². The van der Waals surface area contributed by atoms with E-state index in [1.807, 2.05) is 7.05 Å². The van der Waals surface area contributed by atoms with Crippen LogP contribution in [0.4, 0.5) is 13.2 Å². The van der Waals surface area contributed by atoms with Gasteiger partial charge in [0.2, 0.25) is 11.8 Å². The number of carbonyl (C=O) groups excluding carboxylic acids is 2. The quantitative estimate of drug-likeness (QED) is 0.824. The van der Waals surface area contributed by atoms with Crippen LogP contribution >= 0.6 is 12.4 Å². The normalized spacial score (nSPS) is 23.1. The zero-order chi connectivity index (χ0) is 16.3. The van der Waals surface area contributed by atoms with E-state index >= 15 is 0 Å². The van der Waals surface area contributed by atoms with Crippen molar-refractivity contribution in [2.45, 2.75) is 25.4 Å². The Morgan fingerprint density at radius 2 is 1.91 bits per heavy atom. The lowest BCUT2D eigenvalue weighted by molar-refractivity contribution is -0.157. The number of halogens is 4. The predicted molar refractivity (Wildman–Crippen MR) is 81.2 cm³/mol. The van der Waals surface area contributed by atoms with Crippen molar-refractivity contribution in [1.82, 2.24) is 15.1 Å². The molecule has 2 aliphatic heterocycles. The molecule has 1 unspecified atom stereocenters. The van der Waals surface area contributed by atoms with Crippen molar-refractivity contribution in [3.63, 3.8) is 0 Å². The van der Waals surface area contributed by atoms with Crippen molar-refractivity contribution >= 4 is 24.2 Å². The van der Waals surface area contributed by atoms with Crippen LogP contribution in [0, 0.1) is 11.8 Å². The zero-order valence-corrected chi connectivity index (χ0v) is 13.9. The lowest BCUT2D eigenvalue weighted by Gasteiger charge is -2.33. The first-order valence-electron chi connectivity index (χ1n) is 7.58. The number of nitrogens with zero attached hydrogens (tertiary/aromatic N) is 2. The summed E-state index contributed by atoms with van der Waals surface area (Å²) in [6, 6.07) is 0. The van der Waals surface area contributed by atoms with Crippen LogP contribution in [0.25, 0.3) is 0 Å². The molecule has 1 atom stereocenters. The van der Waals surface area contributed by atoms with Crippen LogP contribution in [0.1, 0.15) is 19.3 Å². The number of amides is 2. The smallest absolute Gasteiger partial charge is 0.342 e. The third-order valence-electron chi connectivity index (χ3n) is 4.35. The molecule has 0 radical (unpaired) electrons. The Morgan fingerprint density at radius 3 is 2.43 bits per heavy atom. The van der Waals surface area contributed by atoms with Crippen LogP contribution in [-0.2, 0) is 9.59 Å². The van der Waals surface area contributed by atoms with Gasteiger partial charge < -0.3 is 15.1 Å². The number of likely N-dealkylation sites (tertiary alicyclic amines) is 2. The summed E-state index contributed by atoms with van der Waals surface area (Å²) in [7, 11) is 1.89. The summed E-state index contributed by atoms with van der Waals surface area (Å²) in [5.74, 6) is -0.863. The second kappa shape index (κ2) is 8.19. The maximum Gasteiger partial charge on any atom is 0.406 e. The maximum absolute atomic E-state index is 12.4. The standard InChI is InChI=1S/C14H22F3N3O2.ClH/c1-18-7-10-2-4-19(5-3-10)13(22)11-6-12(21)20(8-11)9-14(15,16)17;/h10-11,18H,2-9H2,1H3;1H. The van der Waals surface area contributed by atoms with Crippen LogP contribution in [0.3, 0.4) is 0 Å². The van der Waals surface area contributed by atoms with Crippen LogP contribution in [0.15, 0.2) is 0 Å². The van der Waals surface area contributed by atoms with E-state index in [2.05, 4.69) is 5.32 Å². The number of alkyl halides is 3. The third kappa shape index (κ3) is 5.53. The van der Waals surface area contributed by atoms with Gasteiger partial charge in [-0.15, -0.1) is 12.4 Å². The molecule has 0 aliphatic carbocycles. The van der Waals surface area contributed by atoms with Gasteiger partial charge >= 0.3 is 6.18 Å². The molecule has 0 aromatic carbocycles. The lowest BCUT2D eigenvalue weighted by atomic mass is 9.95. The number of rotatable bonds is 4. The highest BCUT2D eigenvalue weighted by Gasteiger charge is 2.42. The number of hydrogen-bond donors (Lipinski definition) is 1. The first-order valence-corrected chi connectivity index (χ1v) is 7.58. The summed E-state index contributed by atoms with van der Waals surface area (Å²) in [4.78, 5) is 26.4. The zero-order valence-electron chi connectivity index (χ0n) is 13.1. The van der Waals surface area contributed by atoms with Gasteiger partial charge in [0.05, 0.1) is 5.92 Å². The van der Waals surface area contributed by atoms with Gasteiger partial charge in [0, 0.05) is 26.1 Å². The minimum atomic E-state index is -4.42. The maximum atomic E-state index is 12.4. The van der Waals surface area contributed by atoms with Gasteiger partial charge in [0.1, 0.15) is 6.54 Å². The molecule has 2 rings (SSSR count). The average molecular weight is 358 g/mol. The summed E-state index contributed by atoms with van der Waals surface area (Å²) in [5, 5.41) is 3.11. The van der Waals surface area contributed by atoms with Crippen molar-refractivity contribution in [2.75, 3.05) is 39.8 Å². The molecular formula is C14H23ClF3N3O2. The molecule has 134 valence electrons. The molecule has 23 heavy (non-hydrogen) atoms. The Bertz CT molecular complexity index is 426. The number of piperidine rings is 1. The van der Waals surface area contributed by atoms with Gasteiger partial charge in [0.15, 0.2) is 0 Å². The van der Waals surface area contributed by atoms with Crippen LogP contribution in [-0.4, -0.2) is 67.6 Å². The molecule has 0 spiro atoms. The molecule has 0 aromatic rings. The van der Waals surface area contributed by atoms with Gasteiger partial charge in [-0.05, 0) is 32.4 Å². The molecule has 1 N–H and O–H groups in total. The first-order chi connectivity index (χ1) is 10.3. The molecule has 2 aliphatic rings. The molecular weight excluding hydrogens is 335 g/mol. The summed E-state index contributed by atoms with van der Waals surface area (Å²) in [6.07, 6.45) is -2.75. The van der Waals surface area contributed by atoms with Gasteiger partial charge in [-0.1, -0.05) is 0 Å². The van der Waals surface area contributed by atoms with Crippen molar-refractivity contribution in [1.29, 1.82) is 0 Å². The number of carbonyl (C=O) groups is 2. The minimum absolute atomic E-state index is 0. The van der Waals surface area contributed by atoms with E-state index in [-0.39, 0.29) is 31.3 Å². The van der Waals surface area contributed by atoms with E-state index in [0.717, 1.165) is 24.3 Å². The first kappa shape index (κ1) is 20.0. The fraction of sp³-hybridized carbons (Fsp3) is 0.857. The Labute approximate surface area is 140 Å². The molecule has 9 heteroatoms. The molecule has 0 bridgehead atoms. The van der Waals surface area contributed by atoms with Gasteiger partial charge in [-0.3, -0.25) is 9.59 Å². The Hall–Kier alpha value is -1.02. The molecule has 0 saturated carbocycles. The molecule has 2 saturated heterocycles. The number of nitrogens with one attached hydrogen (secondary N) is 1. The van der Waals surface area contributed by atoms with Crippen molar-refractivity contribution < 1.29 is 22.8 Å². The second-order valence-electron chi connectivity index (χ2n) is 6.12. The fourth-order valence-corrected chi connectivity index (χ4v) is 3.21. The molecule has 0 aromatic heterocycles. The SMILES string of the molecule is CNCC1CCN(C(=O)C2CC(=O)N(CC(F)(F)F)C2)CC1.Cl. The lowest BCUT2D eigenvalue weighted by Crippen LogP contribution is -2.44. The number of hydrogen-bond acceptors (Lipinski definition) is 3. The molecule has 2 fully saturated rings. The summed E-state index contributed by atoms with van der Waals surface area (Å²) >= 11 is 0.